The summed E-state index contributed by atoms with van der Waals surface area (Å²) < 4.78 is 10.1. The third-order valence-corrected chi connectivity index (χ3v) is 3.71. The Morgan fingerprint density at radius 1 is 1.21 bits per heavy atom. The Bertz CT molecular complexity index is 329. The number of rotatable bonds is 3. The third kappa shape index (κ3) is 3.67. The van der Waals surface area contributed by atoms with E-state index in [1.807, 2.05) is 4.90 Å². The van der Waals surface area contributed by atoms with Crippen LogP contribution in [-0.2, 0) is 19.1 Å². The van der Waals surface area contributed by atoms with Crippen molar-refractivity contribution in [2.24, 2.45) is 5.92 Å². The van der Waals surface area contributed by atoms with Gasteiger partial charge in [-0.05, 0) is 12.8 Å². The number of piperidine rings is 1. The van der Waals surface area contributed by atoms with E-state index in [1.54, 1.807) is 4.90 Å². The van der Waals surface area contributed by atoms with Crippen molar-refractivity contribution in [3.63, 3.8) is 0 Å². The minimum Gasteiger partial charge on any atom is -0.378 e. The van der Waals surface area contributed by atoms with E-state index in [-0.39, 0.29) is 24.3 Å². The van der Waals surface area contributed by atoms with Gasteiger partial charge in [-0.3, -0.25) is 9.59 Å². The summed E-state index contributed by atoms with van der Waals surface area (Å²) in [5.74, 6) is 0.0767. The number of amides is 2. The van der Waals surface area contributed by atoms with E-state index in [9.17, 15) is 9.59 Å². The van der Waals surface area contributed by atoms with Crippen LogP contribution in [0.25, 0.3) is 0 Å². The molecule has 6 nitrogen and oxygen atoms in total. The molecule has 0 spiro atoms. The van der Waals surface area contributed by atoms with E-state index in [0.29, 0.717) is 32.8 Å². The number of ether oxygens (including phenoxy) is 2. The van der Waals surface area contributed by atoms with Gasteiger partial charge in [0.1, 0.15) is 6.61 Å². The molecule has 0 radical (unpaired) electrons. The standard InChI is InChI=1S/C13H22N2O4/c1-18-10-12(16)15-4-2-3-11(9-15)13(17)14-5-7-19-8-6-14/h11H,2-10H2,1H3/t11-/m0/s1. The Morgan fingerprint density at radius 3 is 2.63 bits per heavy atom. The number of morpholine rings is 1. The number of nitrogens with zero attached hydrogens (tertiary/aromatic N) is 2. The second-order valence-electron chi connectivity index (χ2n) is 5.05. The molecule has 2 aliphatic rings. The lowest BCUT2D eigenvalue weighted by Gasteiger charge is -2.36. The summed E-state index contributed by atoms with van der Waals surface area (Å²) in [5, 5.41) is 0. The Kier molecular flexibility index (Phi) is 5.15. The molecule has 6 heteroatoms. The van der Waals surface area contributed by atoms with Crippen LogP contribution in [0.15, 0.2) is 0 Å². The van der Waals surface area contributed by atoms with Crippen LogP contribution in [0.2, 0.25) is 0 Å². The van der Waals surface area contributed by atoms with Gasteiger partial charge in [-0.2, -0.15) is 0 Å². The summed E-state index contributed by atoms with van der Waals surface area (Å²) in [6.07, 6.45) is 1.75. The number of hydrogen-bond acceptors (Lipinski definition) is 4. The van der Waals surface area contributed by atoms with E-state index in [2.05, 4.69) is 0 Å². The van der Waals surface area contributed by atoms with Crippen molar-refractivity contribution >= 4 is 11.8 Å². The molecule has 2 heterocycles. The van der Waals surface area contributed by atoms with Gasteiger partial charge in [-0.25, -0.2) is 0 Å². The molecule has 19 heavy (non-hydrogen) atoms. The predicted molar refractivity (Wildman–Crippen MR) is 68.6 cm³/mol. The highest BCUT2D eigenvalue weighted by Crippen LogP contribution is 2.19. The summed E-state index contributed by atoms with van der Waals surface area (Å²) in [7, 11) is 1.51. The maximum atomic E-state index is 12.4. The van der Waals surface area contributed by atoms with Crippen LogP contribution >= 0.6 is 0 Å². The molecule has 0 aliphatic carbocycles. The summed E-state index contributed by atoms with van der Waals surface area (Å²) in [6.45, 7) is 3.92. The number of carbonyl (C=O) groups excluding carboxylic acids is 2. The number of carbonyl (C=O) groups is 2. The minimum atomic E-state index is -0.0624. The van der Waals surface area contributed by atoms with E-state index in [4.69, 9.17) is 9.47 Å². The van der Waals surface area contributed by atoms with Crippen LogP contribution < -0.4 is 0 Å². The molecule has 0 unspecified atom stereocenters. The molecule has 0 aromatic carbocycles. The second kappa shape index (κ2) is 6.86. The largest absolute Gasteiger partial charge is 0.378 e. The number of likely N-dealkylation sites (tertiary alicyclic amines) is 1. The highest BCUT2D eigenvalue weighted by molar-refractivity contribution is 5.82. The van der Waals surface area contributed by atoms with Crippen LogP contribution in [0.4, 0.5) is 0 Å². The lowest BCUT2D eigenvalue weighted by atomic mass is 9.96. The monoisotopic (exact) mass is 270 g/mol. The first-order chi connectivity index (χ1) is 9.22. The molecule has 0 saturated carbocycles. The van der Waals surface area contributed by atoms with Crippen LogP contribution in [0, 0.1) is 5.92 Å². The zero-order chi connectivity index (χ0) is 13.7. The highest BCUT2D eigenvalue weighted by Gasteiger charge is 2.31. The quantitative estimate of drug-likeness (QED) is 0.708. The Labute approximate surface area is 113 Å². The van der Waals surface area contributed by atoms with E-state index < -0.39 is 0 Å². The van der Waals surface area contributed by atoms with Gasteiger partial charge in [0, 0.05) is 33.3 Å². The van der Waals surface area contributed by atoms with Crippen molar-refractivity contribution in [1.29, 1.82) is 0 Å². The lowest BCUT2D eigenvalue weighted by Crippen LogP contribution is -2.50. The summed E-state index contributed by atoms with van der Waals surface area (Å²) in [4.78, 5) is 27.8. The topological polar surface area (TPSA) is 59.1 Å². The number of hydrogen-bond donors (Lipinski definition) is 0. The maximum absolute atomic E-state index is 12.4. The Morgan fingerprint density at radius 2 is 1.95 bits per heavy atom. The Balaban J connectivity index is 1.89. The van der Waals surface area contributed by atoms with Gasteiger partial charge in [0.05, 0.1) is 19.1 Å². The first-order valence-corrected chi connectivity index (χ1v) is 6.85. The fourth-order valence-electron chi connectivity index (χ4n) is 2.66. The van der Waals surface area contributed by atoms with Crippen molar-refractivity contribution < 1.29 is 19.1 Å². The molecule has 0 aromatic rings. The molecule has 1 atom stereocenters. The first kappa shape index (κ1) is 14.3. The van der Waals surface area contributed by atoms with Crippen molar-refractivity contribution in [2.75, 3.05) is 53.1 Å². The zero-order valence-electron chi connectivity index (χ0n) is 11.5. The van der Waals surface area contributed by atoms with Gasteiger partial charge >= 0.3 is 0 Å². The average molecular weight is 270 g/mol. The summed E-state index contributed by atoms with van der Waals surface area (Å²) in [6, 6.07) is 0. The smallest absolute Gasteiger partial charge is 0.248 e. The fourth-order valence-corrected chi connectivity index (χ4v) is 2.66. The van der Waals surface area contributed by atoms with E-state index >= 15 is 0 Å². The van der Waals surface area contributed by atoms with Crippen molar-refractivity contribution in [1.82, 2.24) is 9.80 Å². The molecule has 108 valence electrons. The number of methoxy groups -OCH3 is 1. The summed E-state index contributed by atoms with van der Waals surface area (Å²) >= 11 is 0. The minimum absolute atomic E-state index is 0.0259. The van der Waals surface area contributed by atoms with Gasteiger partial charge in [-0.1, -0.05) is 0 Å². The molecule has 2 amide bonds. The van der Waals surface area contributed by atoms with Crippen LogP contribution in [0.5, 0.6) is 0 Å². The molecule has 2 fully saturated rings. The van der Waals surface area contributed by atoms with Crippen LogP contribution in [0.1, 0.15) is 12.8 Å². The van der Waals surface area contributed by atoms with Crippen LogP contribution in [0.3, 0.4) is 0 Å². The highest BCUT2D eigenvalue weighted by atomic mass is 16.5. The Hall–Kier alpha value is -1.14. The molecule has 2 rings (SSSR count). The zero-order valence-corrected chi connectivity index (χ0v) is 11.5. The normalized spacial score (nSPS) is 24.4. The molecule has 2 saturated heterocycles. The third-order valence-electron chi connectivity index (χ3n) is 3.71. The molecule has 2 aliphatic heterocycles. The average Bonchev–Trinajstić information content (AvgIpc) is 2.48. The predicted octanol–water partition coefficient (Wildman–Crippen LogP) is -0.270. The van der Waals surface area contributed by atoms with E-state index in [1.165, 1.54) is 7.11 Å². The van der Waals surface area contributed by atoms with E-state index in [0.717, 1.165) is 19.4 Å². The molecule has 0 bridgehead atoms. The molecular formula is C13H22N2O4. The van der Waals surface area contributed by atoms with Gasteiger partial charge < -0.3 is 19.3 Å². The van der Waals surface area contributed by atoms with Crippen molar-refractivity contribution in [3.05, 3.63) is 0 Å². The lowest BCUT2D eigenvalue weighted by molar-refractivity contribution is -0.145. The molecule has 0 N–H and O–H groups in total. The first-order valence-electron chi connectivity index (χ1n) is 6.85. The fraction of sp³-hybridized carbons (Fsp3) is 0.846. The van der Waals surface area contributed by atoms with Crippen LogP contribution in [-0.4, -0.2) is 74.7 Å². The van der Waals surface area contributed by atoms with Gasteiger partial charge in [0.2, 0.25) is 11.8 Å². The SMILES string of the molecule is COCC(=O)N1CCC[C@H](C(=O)N2CCOCC2)C1. The van der Waals surface area contributed by atoms with Gasteiger partial charge in [0.15, 0.2) is 0 Å². The molecule has 0 aromatic heterocycles. The summed E-state index contributed by atoms with van der Waals surface area (Å²) in [5.41, 5.74) is 0. The maximum Gasteiger partial charge on any atom is 0.248 e. The van der Waals surface area contributed by atoms with Crippen molar-refractivity contribution in [3.8, 4) is 0 Å². The second-order valence-corrected chi connectivity index (χ2v) is 5.05. The van der Waals surface area contributed by atoms with Crippen molar-refractivity contribution in [2.45, 2.75) is 12.8 Å². The molecular weight excluding hydrogens is 248 g/mol. The van der Waals surface area contributed by atoms with Gasteiger partial charge in [-0.15, -0.1) is 0 Å². The van der Waals surface area contributed by atoms with Gasteiger partial charge in [0.25, 0.3) is 0 Å².